The molecule has 0 aromatic heterocycles. The van der Waals surface area contributed by atoms with Gasteiger partial charge in [0.2, 0.25) is 0 Å². The standard InChI is InChI=1S/C26H27ClN2O5/c1-17(34-22-11-7-5-9-20(22)27)25(30)29-21-10-6-4-8-19(21)26(31)28-15-14-18-12-13-23(32-2)24(16-18)33-3/h4-13,16-17H,14-15H2,1-3H3,(H,28,31)(H,29,30)/t17-/m1/s1. The second kappa shape index (κ2) is 12.0. The number of nitrogens with one attached hydrogen (secondary N) is 2. The van der Waals surface area contributed by atoms with Crippen molar-refractivity contribution in [1.82, 2.24) is 5.32 Å². The van der Waals surface area contributed by atoms with Gasteiger partial charge < -0.3 is 24.8 Å². The summed E-state index contributed by atoms with van der Waals surface area (Å²) in [5, 5.41) is 6.07. The molecule has 0 radical (unpaired) electrons. The molecule has 0 aliphatic carbocycles. The molecule has 1 atom stereocenters. The van der Waals surface area contributed by atoms with Crippen LogP contribution in [-0.2, 0) is 11.2 Å². The molecule has 3 rings (SSSR count). The average Bonchev–Trinajstić information content (AvgIpc) is 2.85. The van der Waals surface area contributed by atoms with Crippen LogP contribution < -0.4 is 24.8 Å². The van der Waals surface area contributed by atoms with Gasteiger partial charge in [0.25, 0.3) is 11.8 Å². The van der Waals surface area contributed by atoms with E-state index in [1.807, 2.05) is 18.2 Å². The zero-order valence-corrected chi connectivity index (χ0v) is 20.0. The van der Waals surface area contributed by atoms with Crippen LogP contribution in [0.5, 0.6) is 17.2 Å². The number of hydrogen-bond donors (Lipinski definition) is 2. The normalized spacial score (nSPS) is 11.3. The molecule has 0 aliphatic heterocycles. The number of carbonyl (C=O) groups is 2. The predicted octanol–water partition coefficient (Wildman–Crippen LogP) is 4.74. The Balaban J connectivity index is 1.60. The van der Waals surface area contributed by atoms with Gasteiger partial charge in [-0.1, -0.05) is 41.9 Å². The third-order valence-corrected chi connectivity index (χ3v) is 5.40. The van der Waals surface area contributed by atoms with Gasteiger partial charge in [-0.05, 0) is 55.3 Å². The van der Waals surface area contributed by atoms with Gasteiger partial charge in [-0.3, -0.25) is 9.59 Å². The van der Waals surface area contributed by atoms with E-state index in [0.717, 1.165) is 5.56 Å². The minimum atomic E-state index is -0.818. The first-order valence-electron chi connectivity index (χ1n) is 10.7. The Morgan fingerprint density at radius 3 is 2.35 bits per heavy atom. The summed E-state index contributed by atoms with van der Waals surface area (Å²) in [6.45, 7) is 2.02. The van der Waals surface area contributed by atoms with E-state index in [0.29, 0.717) is 46.5 Å². The number of para-hydroxylation sites is 2. The summed E-state index contributed by atoms with van der Waals surface area (Å²) in [6, 6.07) is 19.3. The van der Waals surface area contributed by atoms with Gasteiger partial charge in [-0.25, -0.2) is 0 Å². The maximum absolute atomic E-state index is 12.8. The molecule has 3 aromatic rings. The first kappa shape index (κ1) is 24.9. The largest absolute Gasteiger partial charge is 0.493 e. The summed E-state index contributed by atoms with van der Waals surface area (Å²) < 4.78 is 16.2. The van der Waals surface area contributed by atoms with Gasteiger partial charge >= 0.3 is 0 Å². The smallest absolute Gasteiger partial charge is 0.265 e. The molecule has 3 aromatic carbocycles. The molecule has 0 unspecified atom stereocenters. The lowest BCUT2D eigenvalue weighted by Gasteiger charge is -2.17. The SMILES string of the molecule is COc1ccc(CCNC(=O)c2ccccc2NC(=O)[C@@H](C)Oc2ccccc2Cl)cc1OC. The number of amides is 2. The van der Waals surface area contributed by atoms with Gasteiger partial charge in [-0.2, -0.15) is 0 Å². The monoisotopic (exact) mass is 482 g/mol. The topological polar surface area (TPSA) is 85.9 Å². The van der Waals surface area contributed by atoms with Crippen LogP contribution in [0.2, 0.25) is 5.02 Å². The van der Waals surface area contributed by atoms with Crippen LogP contribution in [0.4, 0.5) is 5.69 Å². The number of hydrogen-bond acceptors (Lipinski definition) is 5. The number of benzene rings is 3. The van der Waals surface area contributed by atoms with E-state index in [1.165, 1.54) is 0 Å². The van der Waals surface area contributed by atoms with Crippen LogP contribution in [0, 0.1) is 0 Å². The Hall–Kier alpha value is -3.71. The van der Waals surface area contributed by atoms with E-state index in [1.54, 1.807) is 69.7 Å². The number of rotatable bonds is 10. The van der Waals surface area contributed by atoms with Gasteiger partial charge in [-0.15, -0.1) is 0 Å². The minimum Gasteiger partial charge on any atom is -0.493 e. The number of halogens is 1. The summed E-state index contributed by atoms with van der Waals surface area (Å²) in [7, 11) is 3.16. The first-order valence-corrected chi connectivity index (χ1v) is 11.1. The van der Waals surface area contributed by atoms with E-state index < -0.39 is 12.0 Å². The summed E-state index contributed by atoms with van der Waals surface area (Å²) in [4.78, 5) is 25.5. The molecule has 0 spiro atoms. The van der Waals surface area contributed by atoms with Crippen LogP contribution in [0.15, 0.2) is 66.7 Å². The van der Waals surface area contributed by atoms with Gasteiger partial charge in [0.05, 0.1) is 30.5 Å². The Kier molecular flexibility index (Phi) is 8.76. The van der Waals surface area contributed by atoms with E-state index >= 15 is 0 Å². The zero-order valence-electron chi connectivity index (χ0n) is 19.3. The highest BCUT2D eigenvalue weighted by atomic mass is 35.5. The maximum Gasteiger partial charge on any atom is 0.265 e. The van der Waals surface area contributed by atoms with Crippen molar-refractivity contribution in [2.24, 2.45) is 0 Å². The molecule has 7 nitrogen and oxygen atoms in total. The predicted molar refractivity (Wildman–Crippen MR) is 132 cm³/mol. The van der Waals surface area contributed by atoms with Crippen LogP contribution >= 0.6 is 11.6 Å². The van der Waals surface area contributed by atoms with Crippen molar-refractivity contribution in [3.8, 4) is 17.2 Å². The molecule has 0 aliphatic rings. The number of carbonyl (C=O) groups excluding carboxylic acids is 2. The lowest BCUT2D eigenvalue weighted by Crippen LogP contribution is -2.32. The minimum absolute atomic E-state index is 0.295. The average molecular weight is 483 g/mol. The van der Waals surface area contributed by atoms with Crippen LogP contribution in [0.3, 0.4) is 0 Å². The van der Waals surface area contributed by atoms with Gasteiger partial charge in [0, 0.05) is 6.54 Å². The number of anilines is 1. The highest BCUT2D eigenvalue weighted by Gasteiger charge is 2.19. The van der Waals surface area contributed by atoms with Crippen molar-refractivity contribution in [2.45, 2.75) is 19.4 Å². The molecule has 0 saturated heterocycles. The summed E-state index contributed by atoms with van der Waals surface area (Å²) >= 11 is 6.10. The Labute approximate surface area is 204 Å². The van der Waals surface area contributed by atoms with Crippen molar-refractivity contribution in [3.63, 3.8) is 0 Å². The Morgan fingerprint density at radius 1 is 0.912 bits per heavy atom. The fourth-order valence-electron chi connectivity index (χ4n) is 3.26. The zero-order chi connectivity index (χ0) is 24.5. The first-order chi connectivity index (χ1) is 16.4. The van der Waals surface area contributed by atoms with Crippen molar-refractivity contribution in [1.29, 1.82) is 0 Å². The molecule has 0 fully saturated rings. The fourth-order valence-corrected chi connectivity index (χ4v) is 3.44. The Bertz CT molecular complexity index is 1150. The molecular formula is C26H27ClN2O5. The molecule has 8 heteroatoms. The van der Waals surface area contributed by atoms with E-state index in [-0.39, 0.29) is 5.91 Å². The van der Waals surface area contributed by atoms with E-state index in [2.05, 4.69) is 10.6 Å². The number of ether oxygens (including phenoxy) is 3. The molecule has 0 saturated carbocycles. The number of methoxy groups -OCH3 is 2. The lowest BCUT2D eigenvalue weighted by molar-refractivity contribution is -0.122. The van der Waals surface area contributed by atoms with Gasteiger partial charge in [0.1, 0.15) is 5.75 Å². The molecule has 0 bridgehead atoms. The molecule has 2 amide bonds. The van der Waals surface area contributed by atoms with Crippen LogP contribution in [0.25, 0.3) is 0 Å². The Morgan fingerprint density at radius 2 is 1.62 bits per heavy atom. The van der Waals surface area contributed by atoms with Crippen molar-refractivity contribution >= 4 is 29.1 Å². The third kappa shape index (κ3) is 6.42. The fraction of sp³-hybridized carbons (Fsp3) is 0.231. The van der Waals surface area contributed by atoms with E-state index in [9.17, 15) is 9.59 Å². The molecule has 34 heavy (non-hydrogen) atoms. The summed E-state index contributed by atoms with van der Waals surface area (Å²) in [5.74, 6) is 0.995. The van der Waals surface area contributed by atoms with Crippen LogP contribution in [0.1, 0.15) is 22.8 Å². The molecule has 0 heterocycles. The maximum atomic E-state index is 12.8. The van der Waals surface area contributed by atoms with Crippen molar-refractivity contribution in [2.75, 3.05) is 26.1 Å². The molecule has 2 N–H and O–H groups in total. The highest BCUT2D eigenvalue weighted by Crippen LogP contribution is 2.28. The second-order valence-corrected chi connectivity index (χ2v) is 7.83. The highest BCUT2D eigenvalue weighted by molar-refractivity contribution is 6.32. The lowest BCUT2D eigenvalue weighted by atomic mass is 10.1. The molecular weight excluding hydrogens is 456 g/mol. The summed E-state index contributed by atoms with van der Waals surface area (Å²) in [5.41, 5.74) is 1.74. The van der Waals surface area contributed by atoms with Crippen LogP contribution in [-0.4, -0.2) is 38.7 Å². The third-order valence-electron chi connectivity index (χ3n) is 5.09. The summed E-state index contributed by atoms with van der Waals surface area (Å²) in [6.07, 6.45) is -0.218. The van der Waals surface area contributed by atoms with Crippen molar-refractivity contribution < 1.29 is 23.8 Å². The molecule has 178 valence electrons. The van der Waals surface area contributed by atoms with Gasteiger partial charge in [0.15, 0.2) is 17.6 Å². The quantitative estimate of drug-likeness (QED) is 0.436. The second-order valence-electron chi connectivity index (χ2n) is 7.42. The van der Waals surface area contributed by atoms with E-state index in [4.69, 9.17) is 25.8 Å². The van der Waals surface area contributed by atoms with Crippen molar-refractivity contribution in [3.05, 3.63) is 82.9 Å².